The first-order valence-electron chi connectivity index (χ1n) is 6.77. The second kappa shape index (κ2) is 5.36. The molecule has 1 amide bonds. The normalized spacial score (nSPS) is 42.4. The van der Waals surface area contributed by atoms with Crippen LogP contribution in [0.3, 0.4) is 0 Å². The lowest BCUT2D eigenvalue weighted by molar-refractivity contribution is -0.128. The van der Waals surface area contributed by atoms with E-state index in [1.807, 2.05) is 6.92 Å². The molecule has 4 nitrogen and oxygen atoms in total. The average Bonchev–Trinajstić information content (AvgIpc) is 2.68. The van der Waals surface area contributed by atoms with E-state index in [4.69, 9.17) is 10.5 Å². The molecule has 0 aromatic carbocycles. The summed E-state index contributed by atoms with van der Waals surface area (Å²) in [7, 11) is 0. The highest BCUT2D eigenvalue weighted by molar-refractivity contribution is 5.79. The lowest BCUT2D eigenvalue weighted by Crippen LogP contribution is -2.48. The van der Waals surface area contributed by atoms with Crippen LogP contribution in [0.25, 0.3) is 0 Å². The molecule has 2 aliphatic rings. The lowest BCUT2D eigenvalue weighted by Gasteiger charge is -2.33. The topological polar surface area (TPSA) is 64.3 Å². The quantitative estimate of drug-likeness (QED) is 0.758. The van der Waals surface area contributed by atoms with Crippen molar-refractivity contribution in [3.8, 4) is 0 Å². The minimum absolute atomic E-state index is 0.0894. The van der Waals surface area contributed by atoms with Crippen LogP contribution in [0.2, 0.25) is 0 Å². The number of hydrogen-bond donors (Lipinski definition) is 2. The van der Waals surface area contributed by atoms with Crippen molar-refractivity contribution in [2.45, 2.75) is 57.7 Å². The van der Waals surface area contributed by atoms with Gasteiger partial charge in [0, 0.05) is 18.6 Å². The molecule has 4 heteroatoms. The van der Waals surface area contributed by atoms with Crippen molar-refractivity contribution < 1.29 is 9.53 Å². The molecule has 1 heterocycles. The maximum Gasteiger partial charge on any atom is 0.223 e. The van der Waals surface area contributed by atoms with Gasteiger partial charge in [0.25, 0.3) is 0 Å². The summed E-state index contributed by atoms with van der Waals surface area (Å²) in [5.41, 5.74) is 6.04. The Balaban J connectivity index is 1.90. The number of rotatable bonds is 2. The standard InChI is InChI=1S/C13H24N2O2/c1-8-10(4-3-5-11(8)14)13(16)15-12-6-7-17-9(12)2/h8-12H,3-7,14H2,1-2H3,(H,15,16). The molecule has 0 aromatic rings. The highest BCUT2D eigenvalue weighted by Crippen LogP contribution is 2.29. The maximum absolute atomic E-state index is 12.2. The Morgan fingerprint density at radius 3 is 2.71 bits per heavy atom. The molecule has 1 saturated heterocycles. The van der Waals surface area contributed by atoms with Crippen molar-refractivity contribution in [2.75, 3.05) is 6.61 Å². The fourth-order valence-electron chi connectivity index (χ4n) is 2.98. The smallest absolute Gasteiger partial charge is 0.223 e. The van der Waals surface area contributed by atoms with Crippen LogP contribution < -0.4 is 11.1 Å². The van der Waals surface area contributed by atoms with Crippen LogP contribution in [-0.2, 0) is 9.53 Å². The number of carbonyl (C=O) groups is 1. The summed E-state index contributed by atoms with van der Waals surface area (Å²) in [5.74, 6) is 0.558. The molecule has 0 bridgehead atoms. The third kappa shape index (κ3) is 2.80. The fraction of sp³-hybridized carbons (Fsp3) is 0.923. The molecular formula is C13H24N2O2. The van der Waals surface area contributed by atoms with Crippen LogP contribution in [0.1, 0.15) is 39.5 Å². The van der Waals surface area contributed by atoms with E-state index in [9.17, 15) is 4.79 Å². The molecule has 17 heavy (non-hydrogen) atoms. The molecule has 5 atom stereocenters. The van der Waals surface area contributed by atoms with Gasteiger partial charge in [-0.15, -0.1) is 0 Å². The van der Waals surface area contributed by atoms with E-state index in [1.165, 1.54) is 0 Å². The van der Waals surface area contributed by atoms with Gasteiger partial charge in [0.2, 0.25) is 5.91 Å². The summed E-state index contributed by atoms with van der Waals surface area (Å²) < 4.78 is 5.46. The van der Waals surface area contributed by atoms with E-state index in [-0.39, 0.29) is 30.0 Å². The van der Waals surface area contributed by atoms with Crippen molar-refractivity contribution in [1.82, 2.24) is 5.32 Å². The zero-order valence-electron chi connectivity index (χ0n) is 10.8. The Morgan fingerprint density at radius 1 is 1.29 bits per heavy atom. The Kier molecular flexibility index (Phi) is 4.05. The van der Waals surface area contributed by atoms with Crippen molar-refractivity contribution in [3.05, 3.63) is 0 Å². The van der Waals surface area contributed by atoms with Crippen LogP contribution in [0.15, 0.2) is 0 Å². The van der Waals surface area contributed by atoms with Crippen molar-refractivity contribution in [3.63, 3.8) is 0 Å². The second-order valence-corrected chi connectivity index (χ2v) is 5.54. The zero-order chi connectivity index (χ0) is 12.4. The molecule has 0 aromatic heterocycles. The molecule has 3 N–H and O–H groups in total. The summed E-state index contributed by atoms with van der Waals surface area (Å²) in [4.78, 5) is 12.2. The molecule has 1 aliphatic carbocycles. The van der Waals surface area contributed by atoms with Crippen LogP contribution in [0.5, 0.6) is 0 Å². The predicted molar refractivity (Wildman–Crippen MR) is 66.4 cm³/mol. The molecular weight excluding hydrogens is 216 g/mol. The van der Waals surface area contributed by atoms with E-state index in [0.29, 0.717) is 5.92 Å². The predicted octanol–water partition coefficient (Wildman–Crippen LogP) is 1.04. The molecule has 1 aliphatic heterocycles. The summed E-state index contributed by atoms with van der Waals surface area (Å²) in [6.07, 6.45) is 4.17. The van der Waals surface area contributed by atoms with E-state index >= 15 is 0 Å². The first-order valence-corrected chi connectivity index (χ1v) is 6.77. The van der Waals surface area contributed by atoms with E-state index in [2.05, 4.69) is 12.2 Å². The van der Waals surface area contributed by atoms with Gasteiger partial charge in [0.15, 0.2) is 0 Å². The minimum atomic E-state index is 0.0894. The number of ether oxygens (including phenoxy) is 1. The maximum atomic E-state index is 12.2. The molecule has 98 valence electrons. The fourth-order valence-corrected chi connectivity index (χ4v) is 2.98. The van der Waals surface area contributed by atoms with E-state index < -0.39 is 0 Å². The van der Waals surface area contributed by atoms with Crippen molar-refractivity contribution in [1.29, 1.82) is 0 Å². The summed E-state index contributed by atoms with van der Waals surface area (Å²) in [5, 5.41) is 3.13. The molecule has 5 unspecified atom stereocenters. The molecule has 0 radical (unpaired) electrons. The van der Waals surface area contributed by atoms with Crippen molar-refractivity contribution in [2.24, 2.45) is 17.6 Å². The SMILES string of the molecule is CC1OCCC1NC(=O)C1CCCC(N)C1C. The van der Waals surface area contributed by atoms with Gasteiger partial charge < -0.3 is 15.8 Å². The Morgan fingerprint density at radius 2 is 2.06 bits per heavy atom. The van der Waals surface area contributed by atoms with Crippen molar-refractivity contribution >= 4 is 5.91 Å². The van der Waals surface area contributed by atoms with Crippen LogP contribution in [0, 0.1) is 11.8 Å². The number of nitrogens with one attached hydrogen (secondary N) is 1. The molecule has 2 fully saturated rings. The highest BCUT2D eigenvalue weighted by Gasteiger charge is 2.35. The third-order valence-corrected chi connectivity index (χ3v) is 4.40. The lowest BCUT2D eigenvalue weighted by atomic mass is 9.76. The highest BCUT2D eigenvalue weighted by atomic mass is 16.5. The summed E-state index contributed by atoms with van der Waals surface area (Å²) in [6, 6.07) is 0.365. The molecule has 0 spiro atoms. The van der Waals surface area contributed by atoms with Gasteiger partial charge in [0.1, 0.15) is 0 Å². The zero-order valence-corrected chi connectivity index (χ0v) is 10.8. The summed E-state index contributed by atoms with van der Waals surface area (Å²) in [6.45, 7) is 4.88. The Hall–Kier alpha value is -0.610. The summed E-state index contributed by atoms with van der Waals surface area (Å²) >= 11 is 0. The van der Waals surface area contributed by atoms with E-state index in [0.717, 1.165) is 32.3 Å². The minimum Gasteiger partial charge on any atom is -0.376 e. The first kappa shape index (κ1) is 12.8. The second-order valence-electron chi connectivity index (χ2n) is 5.54. The number of hydrogen-bond acceptors (Lipinski definition) is 3. The Labute approximate surface area is 103 Å². The third-order valence-electron chi connectivity index (χ3n) is 4.40. The van der Waals surface area contributed by atoms with Gasteiger partial charge in [0.05, 0.1) is 12.1 Å². The van der Waals surface area contributed by atoms with Gasteiger partial charge in [-0.3, -0.25) is 4.79 Å². The van der Waals surface area contributed by atoms with Gasteiger partial charge in [-0.25, -0.2) is 0 Å². The Bertz CT molecular complexity index is 283. The molecule has 2 rings (SSSR count). The van der Waals surface area contributed by atoms with Gasteiger partial charge in [-0.2, -0.15) is 0 Å². The molecule has 1 saturated carbocycles. The van der Waals surface area contributed by atoms with Crippen LogP contribution in [0.4, 0.5) is 0 Å². The van der Waals surface area contributed by atoms with E-state index in [1.54, 1.807) is 0 Å². The van der Waals surface area contributed by atoms with Gasteiger partial charge >= 0.3 is 0 Å². The number of amides is 1. The van der Waals surface area contributed by atoms with Gasteiger partial charge in [-0.05, 0) is 32.1 Å². The van der Waals surface area contributed by atoms with Crippen LogP contribution >= 0.6 is 0 Å². The van der Waals surface area contributed by atoms with Gasteiger partial charge in [-0.1, -0.05) is 13.3 Å². The monoisotopic (exact) mass is 240 g/mol. The largest absolute Gasteiger partial charge is 0.376 e. The van der Waals surface area contributed by atoms with Crippen LogP contribution in [-0.4, -0.2) is 30.7 Å². The number of carbonyl (C=O) groups excluding carboxylic acids is 1. The average molecular weight is 240 g/mol. The first-order chi connectivity index (χ1) is 8.09. The number of nitrogens with two attached hydrogens (primary N) is 1.